The van der Waals surface area contributed by atoms with E-state index in [4.69, 9.17) is 14.3 Å². The summed E-state index contributed by atoms with van der Waals surface area (Å²) in [4.78, 5) is 30.3. The van der Waals surface area contributed by atoms with Gasteiger partial charge in [0.25, 0.3) is 5.91 Å². The molecule has 0 saturated carbocycles. The van der Waals surface area contributed by atoms with Crippen molar-refractivity contribution >= 4 is 23.2 Å². The van der Waals surface area contributed by atoms with Gasteiger partial charge in [0.2, 0.25) is 0 Å². The van der Waals surface area contributed by atoms with E-state index in [-0.39, 0.29) is 18.9 Å². The van der Waals surface area contributed by atoms with Crippen molar-refractivity contribution in [1.29, 1.82) is 0 Å². The third kappa shape index (κ3) is 3.43. The lowest BCUT2D eigenvalue weighted by Crippen LogP contribution is -2.46. The fourth-order valence-corrected chi connectivity index (χ4v) is 3.35. The first-order chi connectivity index (χ1) is 11.0. The zero-order valence-corrected chi connectivity index (χ0v) is 13.3. The summed E-state index contributed by atoms with van der Waals surface area (Å²) in [6.45, 7) is 2.87. The molecule has 2 aromatic rings. The molecule has 0 aliphatic carbocycles. The normalized spacial score (nSPS) is 18.1. The van der Waals surface area contributed by atoms with Gasteiger partial charge in [-0.15, -0.1) is 11.3 Å². The highest BCUT2D eigenvalue weighted by molar-refractivity contribution is 7.15. The zero-order valence-electron chi connectivity index (χ0n) is 12.5. The first-order valence-electron chi connectivity index (χ1n) is 7.18. The van der Waals surface area contributed by atoms with Gasteiger partial charge in [0.15, 0.2) is 10.8 Å². The maximum absolute atomic E-state index is 12.7. The molecular weight excluding hydrogens is 320 g/mol. The van der Waals surface area contributed by atoms with Crippen molar-refractivity contribution in [3.05, 3.63) is 29.0 Å². The fraction of sp³-hybridized carbons (Fsp3) is 0.400. The average Bonchev–Trinajstić information content (AvgIpc) is 3.15. The number of carbonyl (C=O) groups is 2. The van der Waals surface area contributed by atoms with Crippen LogP contribution in [0.1, 0.15) is 21.8 Å². The highest BCUT2D eigenvalue weighted by Crippen LogP contribution is 2.28. The van der Waals surface area contributed by atoms with E-state index in [2.05, 4.69) is 4.98 Å². The van der Waals surface area contributed by atoms with Crippen LogP contribution in [-0.2, 0) is 9.53 Å². The van der Waals surface area contributed by atoms with Crippen LogP contribution in [0, 0.1) is 6.92 Å². The number of nitrogens with zero attached hydrogens (tertiary/aromatic N) is 2. The molecule has 0 unspecified atom stereocenters. The number of amides is 1. The quantitative estimate of drug-likeness (QED) is 0.918. The van der Waals surface area contributed by atoms with Crippen molar-refractivity contribution in [1.82, 2.24) is 9.88 Å². The molecule has 1 amide bonds. The van der Waals surface area contributed by atoms with Gasteiger partial charge >= 0.3 is 5.97 Å². The van der Waals surface area contributed by atoms with E-state index >= 15 is 0 Å². The van der Waals surface area contributed by atoms with Crippen LogP contribution in [0.4, 0.5) is 0 Å². The number of carboxylic acid groups (broad SMARTS) is 1. The molecule has 3 heterocycles. The molecule has 2 aromatic heterocycles. The Balaban J connectivity index is 1.76. The number of aryl methyl sites for hydroxylation is 1. The van der Waals surface area contributed by atoms with Crippen LogP contribution in [0.3, 0.4) is 0 Å². The lowest BCUT2D eigenvalue weighted by molar-refractivity contribution is -0.141. The number of morpholine rings is 1. The fourth-order valence-electron chi connectivity index (χ4n) is 2.47. The van der Waals surface area contributed by atoms with Crippen molar-refractivity contribution < 1.29 is 23.8 Å². The number of carboxylic acids is 1. The van der Waals surface area contributed by atoms with Gasteiger partial charge in [0.1, 0.15) is 5.69 Å². The third-order valence-corrected chi connectivity index (χ3v) is 4.54. The van der Waals surface area contributed by atoms with Crippen molar-refractivity contribution in [3.8, 4) is 10.8 Å². The minimum atomic E-state index is -0.936. The van der Waals surface area contributed by atoms with E-state index in [0.717, 1.165) is 4.88 Å². The summed E-state index contributed by atoms with van der Waals surface area (Å²) < 4.78 is 10.7. The second-order valence-corrected chi connectivity index (χ2v) is 6.45. The second kappa shape index (κ2) is 6.51. The number of aromatic nitrogens is 1. The van der Waals surface area contributed by atoms with E-state index in [0.29, 0.717) is 29.6 Å². The molecule has 8 heteroatoms. The largest absolute Gasteiger partial charge is 0.481 e. The van der Waals surface area contributed by atoms with Gasteiger partial charge in [-0.2, -0.15) is 0 Å². The average molecular weight is 336 g/mol. The van der Waals surface area contributed by atoms with Crippen LogP contribution in [0.25, 0.3) is 10.8 Å². The predicted octanol–water partition coefficient (Wildman–Crippen LogP) is 2.03. The molecule has 1 N–H and O–H groups in total. The molecule has 7 nitrogen and oxygen atoms in total. The summed E-state index contributed by atoms with van der Waals surface area (Å²) in [5.74, 6) is -0.507. The Labute approximate surface area is 136 Å². The van der Waals surface area contributed by atoms with E-state index in [1.807, 2.05) is 6.92 Å². The SMILES string of the molecule is Cc1sc(-c2ccco2)nc1C(=O)N1CCO[C@@H](CC(=O)O)C1. The minimum absolute atomic E-state index is 0.114. The van der Waals surface area contributed by atoms with E-state index < -0.39 is 12.1 Å². The van der Waals surface area contributed by atoms with Gasteiger partial charge in [-0.05, 0) is 19.1 Å². The number of hydrogen-bond donors (Lipinski definition) is 1. The van der Waals surface area contributed by atoms with Crippen molar-refractivity contribution in [2.75, 3.05) is 19.7 Å². The molecule has 1 fully saturated rings. The van der Waals surface area contributed by atoms with Crippen LogP contribution >= 0.6 is 11.3 Å². The first-order valence-corrected chi connectivity index (χ1v) is 8.00. The number of hydrogen-bond acceptors (Lipinski definition) is 6. The number of thiazole rings is 1. The molecule has 0 radical (unpaired) electrons. The number of carbonyl (C=O) groups excluding carboxylic acids is 1. The summed E-state index contributed by atoms with van der Waals surface area (Å²) in [7, 11) is 0. The zero-order chi connectivity index (χ0) is 16.4. The molecule has 1 atom stereocenters. The lowest BCUT2D eigenvalue weighted by Gasteiger charge is -2.32. The highest BCUT2D eigenvalue weighted by atomic mass is 32.1. The third-order valence-electron chi connectivity index (χ3n) is 3.56. The molecule has 3 rings (SSSR count). The van der Waals surface area contributed by atoms with Crippen molar-refractivity contribution in [2.45, 2.75) is 19.4 Å². The Morgan fingerprint density at radius 2 is 2.35 bits per heavy atom. The summed E-state index contributed by atoms with van der Waals surface area (Å²) in [5, 5.41) is 9.51. The summed E-state index contributed by atoms with van der Waals surface area (Å²) >= 11 is 1.40. The maximum atomic E-state index is 12.7. The predicted molar refractivity (Wildman–Crippen MR) is 82.4 cm³/mol. The van der Waals surface area contributed by atoms with Gasteiger partial charge in [-0.25, -0.2) is 4.98 Å². The molecule has 0 aromatic carbocycles. The molecule has 0 bridgehead atoms. The summed E-state index contributed by atoms with van der Waals surface area (Å²) in [6.07, 6.45) is 0.970. The van der Waals surface area contributed by atoms with Gasteiger partial charge in [0.05, 0.1) is 25.4 Å². The molecule has 1 saturated heterocycles. The van der Waals surface area contributed by atoms with Crippen LogP contribution in [-0.4, -0.2) is 52.7 Å². The number of rotatable bonds is 4. The van der Waals surface area contributed by atoms with E-state index in [9.17, 15) is 9.59 Å². The Hall–Kier alpha value is -2.19. The smallest absolute Gasteiger partial charge is 0.306 e. The van der Waals surface area contributed by atoms with Crippen LogP contribution < -0.4 is 0 Å². The highest BCUT2D eigenvalue weighted by Gasteiger charge is 2.29. The molecule has 23 heavy (non-hydrogen) atoms. The Morgan fingerprint density at radius 1 is 1.52 bits per heavy atom. The van der Waals surface area contributed by atoms with Crippen LogP contribution in [0.2, 0.25) is 0 Å². The van der Waals surface area contributed by atoms with Crippen LogP contribution in [0.15, 0.2) is 22.8 Å². The molecule has 0 spiro atoms. The van der Waals surface area contributed by atoms with Gasteiger partial charge < -0.3 is 19.2 Å². The Bertz CT molecular complexity index is 710. The number of aliphatic carboxylic acids is 1. The first kappa shape index (κ1) is 15.7. The molecule has 1 aliphatic rings. The molecule has 1 aliphatic heterocycles. The maximum Gasteiger partial charge on any atom is 0.306 e. The molecular formula is C15H16N2O5S. The Morgan fingerprint density at radius 3 is 3.04 bits per heavy atom. The Kier molecular flexibility index (Phi) is 4.44. The topological polar surface area (TPSA) is 92.9 Å². The lowest BCUT2D eigenvalue weighted by atomic mass is 10.2. The summed E-state index contributed by atoms with van der Waals surface area (Å²) in [5.41, 5.74) is 0.386. The standard InChI is InChI=1S/C15H16N2O5S/c1-9-13(16-14(23-9)11-3-2-5-22-11)15(20)17-4-6-21-10(8-17)7-12(18)19/h2-3,5,10H,4,6-8H2,1H3,(H,18,19)/t10-/m0/s1. The van der Waals surface area contributed by atoms with Crippen LogP contribution in [0.5, 0.6) is 0 Å². The summed E-state index contributed by atoms with van der Waals surface area (Å²) in [6, 6.07) is 3.57. The monoisotopic (exact) mass is 336 g/mol. The van der Waals surface area contributed by atoms with Crippen molar-refractivity contribution in [2.24, 2.45) is 0 Å². The van der Waals surface area contributed by atoms with Crippen molar-refractivity contribution in [3.63, 3.8) is 0 Å². The van der Waals surface area contributed by atoms with Gasteiger partial charge in [-0.1, -0.05) is 0 Å². The van der Waals surface area contributed by atoms with Gasteiger partial charge in [-0.3, -0.25) is 9.59 Å². The second-order valence-electron chi connectivity index (χ2n) is 5.24. The molecule has 122 valence electrons. The van der Waals surface area contributed by atoms with E-state index in [1.54, 1.807) is 23.3 Å². The minimum Gasteiger partial charge on any atom is -0.481 e. The number of ether oxygens (including phenoxy) is 1. The van der Waals surface area contributed by atoms with E-state index in [1.165, 1.54) is 11.3 Å². The van der Waals surface area contributed by atoms with Gasteiger partial charge in [0, 0.05) is 18.0 Å². The number of furan rings is 1.